The number of hydrogen-bond acceptors (Lipinski definition) is 4. The van der Waals surface area contributed by atoms with Gasteiger partial charge in [0.15, 0.2) is 6.61 Å². The van der Waals surface area contributed by atoms with Gasteiger partial charge in [0.25, 0.3) is 5.91 Å². The van der Waals surface area contributed by atoms with Gasteiger partial charge in [-0.05, 0) is 24.5 Å². The van der Waals surface area contributed by atoms with Crippen molar-refractivity contribution in [1.29, 1.82) is 5.26 Å². The van der Waals surface area contributed by atoms with E-state index in [1.807, 2.05) is 6.07 Å². The van der Waals surface area contributed by atoms with Crippen LogP contribution in [-0.2, 0) is 14.3 Å². The van der Waals surface area contributed by atoms with Gasteiger partial charge in [-0.2, -0.15) is 5.26 Å². The fraction of sp³-hybridized carbons (Fsp3) is 0.500. The van der Waals surface area contributed by atoms with Crippen LogP contribution in [0.4, 0.5) is 5.69 Å². The number of nitrogens with zero attached hydrogens (tertiary/aromatic N) is 1. The van der Waals surface area contributed by atoms with Crippen LogP contribution in [-0.4, -0.2) is 18.5 Å². The number of ether oxygens (including phenoxy) is 1. The molecular weight excluding hydrogens is 292 g/mol. The summed E-state index contributed by atoms with van der Waals surface area (Å²) in [6, 6.07) is 8.71. The molecule has 1 amide bonds. The fourth-order valence-corrected chi connectivity index (χ4v) is 2.89. The van der Waals surface area contributed by atoms with Gasteiger partial charge in [0.1, 0.15) is 6.07 Å². The first kappa shape index (κ1) is 17.0. The van der Waals surface area contributed by atoms with Gasteiger partial charge < -0.3 is 10.1 Å². The van der Waals surface area contributed by atoms with E-state index in [9.17, 15) is 9.59 Å². The second kappa shape index (κ2) is 8.94. The highest BCUT2D eigenvalue weighted by atomic mass is 16.5. The summed E-state index contributed by atoms with van der Waals surface area (Å²) in [6.07, 6.45) is 7.40. The maximum absolute atomic E-state index is 11.8. The van der Waals surface area contributed by atoms with Gasteiger partial charge in [-0.1, -0.05) is 44.2 Å². The van der Waals surface area contributed by atoms with Crippen molar-refractivity contribution in [1.82, 2.24) is 0 Å². The molecule has 122 valence electrons. The Kier molecular flexibility index (Phi) is 6.61. The molecule has 1 aromatic carbocycles. The number of nitriles is 1. The summed E-state index contributed by atoms with van der Waals surface area (Å²) in [5.41, 5.74) is 0.808. The Hall–Kier alpha value is -2.35. The zero-order chi connectivity index (χ0) is 16.5. The highest BCUT2D eigenvalue weighted by molar-refractivity contribution is 5.93. The third kappa shape index (κ3) is 5.74. The van der Waals surface area contributed by atoms with Gasteiger partial charge in [-0.25, -0.2) is 0 Å². The van der Waals surface area contributed by atoms with Gasteiger partial charge in [0.05, 0.1) is 11.3 Å². The predicted octanol–water partition coefficient (Wildman–Crippen LogP) is 3.40. The molecule has 0 unspecified atom stereocenters. The van der Waals surface area contributed by atoms with Crippen LogP contribution in [0.5, 0.6) is 0 Å². The standard InChI is InChI=1S/C18H22N2O3/c19-12-15-8-4-5-9-16(15)20-17(21)13-23-18(22)11-10-14-6-2-1-3-7-14/h4-5,8-9,14H,1-3,6-7,10-11,13H2,(H,20,21). The lowest BCUT2D eigenvalue weighted by Crippen LogP contribution is -2.21. The Labute approximate surface area is 136 Å². The number of rotatable bonds is 6. The molecule has 23 heavy (non-hydrogen) atoms. The first-order valence-electron chi connectivity index (χ1n) is 8.13. The number of para-hydroxylation sites is 1. The molecule has 0 spiro atoms. The van der Waals surface area contributed by atoms with E-state index < -0.39 is 5.91 Å². The minimum Gasteiger partial charge on any atom is -0.456 e. The summed E-state index contributed by atoms with van der Waals surface area (Å²) in [4.78, 5) is 23.5. The third-order valence-electron chi connectivity index (χ3n) is 4.17. The van der Waals surface area contributed by atoms with Gasteiger partial charge in [0, 0.05) is 6.42 Å². The molecule has 1 aromatic rings. The molecule has 0 aliphatic heterocycles. The van der Waals surface area contributed by atoms with E-state index in [0.29, 0.717) is 23.6 Å². The summed E-state index contributed by atoms with van der Waals surface area (Å²) in [6.45, 7) is -0.316. The van der Waals surface area contributed by atoms with Crippen LogP contribution in [0.1, 0.15) is 50.5 Å². The molecule has 0 saturated heterocycles. The number of esters is 1. The molecule has 1 saturated carbocycles. The number of carbonyl (C=O) groups excluding carboxylic acids is 2. The smallest absolute Gasteiger partial charge is 0.306 e. The van der Waals surface area contributed by atoms with Gasteiger partial charge in [0.2, 0.25) is 0 Å². The zero-order valence-corrected chi connectivity index (χ0v) is 13.2. The van der Waals surface area contributed by atoms with Crippen LogP contribution in [0, 0.1) is 17.2 Å². The van der Waals surface area contributed by atoms with E-state index in [4.69, 9.17) is 10.00 Å². The van der Waals surface area contributed by atoms with Crippen molar-refractivity contribution in [3.8, 4) is 6.07 Å². The molecule has 0 atom stereocenters. The number of nitrogens with one attached hydrogen (secondary N) is 1. The minimum atomic E-state index is -0.432. The molecule has 0 bridgehead atoms. The molecule has 1 fully saturated rings. The molecule has 5 heteroatoms. The number of amides is 1. The lowest BCUT2D eigenvalue weighted by Gasteiger charge is -2.20. The summed E-state index contributed by atoms with van der Waals surface area (Å²) in [5, 5.41) is 11.5. The van der Waals surface area contributed by atoms with Crippen LogP contribution in [0.2, 0.25) is 0 Å². The maximum Gasteiger partial charge on any atom is 0.306 e. The molecule has 0 radical (unpaired) electrons. The zero-order valence-electron chi connectivity index (χ0n) is 13.2. The Bertz CT molecular complexity index is 586. The topological polar surface area (TPSA) is 79.2 Å². The average Bonchev–Trinajstić information content (AvgIpc) is 2.59. The fourth-order valence-electron chi connectivity index (χ4n) is 2.89. The van der Waals surface area contributed by atoms with E-state index in [1.54, 1.807) is 24.3 Å². The molecule has 1 N–H and O–H groups in total. The highest BCUT2D eigenvalue weighted by Crippen LogP contribution is 2.27. The molecule has 0 heterocycles. The van der Waals surface area contributed by atoms with Gasteiger partial charge in [-0.15, -0.1) is 0 Å². The molecule has 0 aromatic heterocycles. The number of anilines is 1. The Morgan fingerprint density at radius 3 is 2.70 bits per heavy atom. The van der Waals surface area contributed by atoms with Crippen molar-refractivity contribution < 1.29 is 14.3 Å². The van der Waals surface area contributed by atoms with Crippen molar-refractivity contribution in [3.63, 3.8) is 0 Å². The van der Waals surface area contributed by atoms with Crippen molar-refractivity contribution in [2.45, 2.75) is 44.9 Å². The van der Waals surface area contributed by atoms with Crippen molar-refractivity contribution in [3.05, 3.63) is 29.8 Å². The lowest BCUT2D eigenvalue weighted by atomic mass is 9.86. The SMILES string of the molecule is N#Cc1ccccc1NC(=O)COC(=O)CCC1CCCCC1. The van der Waals surface area contributed by atoms with Gasteiger partial charge >= 0.3 is 5.97 Å². The highest BCUT2D eigenvalue weighted by Gasteiger charge is 2.16. The van der Waals surface area contributed by atoms with E-state index in [1.165, 1.54) is 32.1 Å². The van der Waals surface area contributed by atoms with Crippen molar-refractivity contribution in [2.24, 2.45) is 5.92 Å². The summed E-state index contributed by atoms with van der Waals surface area (Å²) in [5.74, 6) is -0.148. The number of carbonyl (C=O) groups is 2. The molecule has 1 aliphatic carbocycles. The predicted molar refractivity (Wildman–Crippen MR) is 86.6 cm³/mol. The van der Waals surface area contributed by atoms with E-state index in [2.05, 4.69) is 5.32 Å². The van der Waals surface area contributed by atoms with Crippen LogP contribution in [0.25, 0.3) is 0 Å². The number of hydrogen-bond donors (Lipinski definition) is 1. The largest absolute Gasteiger partial charge is 0.456 e. The molecule has 2 rings (SSSR count). The van der Waals surface area contributed by atoms with Crippen LogP contribution in [0.15, 0.2) is 24.3 Å². The maximum atomic E-state index is 11.8. The Balaban J connectivity index is 1.69. The Morgan fingerprint density at radius 1 is 1.22 bits per heavy atom. The van der Waals surface area contributed by atoms with Crippen molar-refractivity contribution in [2.75, 3.05) is 11.9 Å². The lowest BCUT2D eigenvalue weighted by molar-refractivity contribution is -0.147. The van der Waals surface area contributed by atoms with E-state index >= 15 is 0 Å². The minimum absolute atomic E-state index is 0.316. The van der Waals surface area contributed by atoms with E-state index in [0.717, 1.165) is 6.42 Å². The molecule has 1 aliphatic rings. The molecular formula is C18H22N2O3. The second-order valence-corrected chi connectivity index (χ2v) is 5.91. The first-order chi connectivity index (χ1) is 11.2. The van der Waals surface area contributed by atoms with Crippen molar-refractivity contribution >= 4 is 17.6 Å². The second-order valence-electron chi connectivity index (χ2n) is 5.91. The van der Waals surface area contributed by atoms with Crippen LogP contribution < -0.4 is 5.32 Å². The summed E-state index contributed by atoms with van der Waals surface area (Å²) in [7, 11) is 0. The monoisotopic (exact) mass is 314 g/mol. The van der Waals surface area contributed by atoms with E-state index in [-0.39, 0.29) is 12.6 Å². The summed E-state index contributed by atoms with van der Waals surface area (Å²) < 4.78 is 5.01. The van der Waals surface area contributed by atoms with Crippen LogP contribution in [0.3, 0.4) is 0 Å². The third-order valence-corrected chi connectivity index (χ3v) is 4.17. The van der Waals surface area contributed by atoms with Gasteiger partial charge in [-0.3, -0.25) is 9.59 Å². The quantitative estimate of drug-likeness (QED) is 0.816. The summed E-state index contributed by atoms with van der Waals surface area (Å²) >= 11 is 0. The van der Waals surface area contributed by atoms with Crippen LogP contribution >= 0.6 is 0 Å². The first-order valence-corrected chi connectivity index (χ1v) is 8.13. The number of benzene rings is 1. The normalized spacial score (nSPS) is 14.7. The molecule has 5 nitrogen and oxygen atoms in total. The Morgan fingerprint density at radius 2 is 1.96 bits per heavy atom. The average molecular weight is 314 g/mol.